The van der Waals surface area contributed by atoms with Crippen LogP contribution in [0, 0.1) is 17.3 Å². The Morgan fingerprint density at radius 1 is 1.10 bits per heavy atom. The molecule has 0 radical (unpaired) electrons. The SMILES string of the molecule is CC[C@H](C)[C@H](NC(=O)C1CCCCN1C)C(=O)N(CCCCc1cn[nH]n1)[C@H](C[C@@H](OC(C)=O)c1nc(C(=O)NC(Cc2ccc(N)cc2)CC(C)(C)C(=O)O)cs1)C(C)C. The van der Waals surface area contributed by atoms with Gasteiger partial charge in [0, 0.05) is 43.0 Å². The van der Waals surface area contributed by atoms with Crippen molar-refractivity contribution in [3.05, 3.63) is 57.8 Å². The van der Waals surface area contributed by atoms with Gasteiger partial charge in [-0.05, 0) is 102 Å². The van der Waals surface area contributed by atoms with Crippen LogP contribution in [-0.4, -0.2) is 109 Å². The average molecular weight is 866 g/mol. The van der Waals surface area contributed by atoms with Crippen LogP contribution < -0.4 is 16.4 Å². The molecule has 0 spiro atoms. The number of likely N-dealkylation sites (tertiary alicyclic amines) is 1. The summed E-state index contributed by atoms with van der Waals surface area (Å²) in [7, 11) is 1.95. The van der Waals surface area contributed by atoms with Crippen LogP contribution in [0.15, 0.2) is 35.8 Å². The molecular formula is C44H67N9O7S. The molecule has 2 unspecified atom stereocenters. The molecule has 0 bridgehead atoms. The number of amides is 3. The number of aliphatic carboxylic acids is 1. The van der Waals surface area contributed by atoms with Crippen molar-refractivity contribution in [1.29, 1.82) is 0 Å². The van der Waals surface area contributed by atoms with E-state index in [1.54, 1.807) is 37.6 Å². The Morgan fingerprint density at radius 2 is 1.82 bits per heavy atom. The van der Waals surface area contributed by atoms with Crippen LogP contribution in [0.25, 0.3) is 0 Å². The van der Waals surface area contributed by atoms with E-state index < -0.39 is 47.5 Å². The van der Waals surface area contributed by atoms with Gasteiger partial charge in [0.1, 0.15) is 16.7 Å². The summed E-state index contributed by atoms with van der Waals surface area (Å²) in [5.74, 6) is -2.64. The number of nitrogens with two attached hydrogens (primary N) is 1. The van der Waals surface area contributed by atoms with Crippen LogP contribution in [0.3, 0.4) is 0 Å². The molecule has 2 aromatic heterocycles. The van der Waals surface area contributed by atoms with E-state index >= 15 is 0 Å². The molecular weight excluding hydrogens is 799 g/mol. The van der Waals surface area contributed by atoms with E-state index in [2.05, 4.69) is 35.9 Å². The van der Waals surface area contributed by atoms with Crippen LogP contribution >= 0.6 is 11.3 Å². The quantitative estimate of drug-likeness (QED) is 0.0448. The number of carbonyl (C=O) groups excluding carboxylic acids is 4. The minimum absolute atomic E-state index is 0.0988. The van der Waals surface area contributed by atoms with Gasteiger partial charge < -0.3 is 31.1 Å². The summed E-state index contributed by atoms with van der Waals surface area (Å²) in [6.07, 6.45) is 6.90. The van der Waals surface area contributed by atoms with Crippen molar-refractivity contribution in [1.82, 2.24) is 40.8 Å². The number of benzene rings is 1. The van der Waals surface area contributed by atoms with Crippen LogP contribution in [0.4, 0.5) is 5.69 Å². The van der Waals surface area contributed by atoms with E-state index in [9.17, 15) is 29.1 Å². The lowest BCUT2D eigenvalue weighted by molar-refractivity contribution is -0.150. The molecule has 61 heavy (non-hydrogen) atoms. The number of esters is 1. The summed E-state index contributed by atoms with van der Waals surface area (Å²) >= 11 is 1.17. The van der Waals surface area contributed by atoms with Gasteiger partial charge in [-0.15, -0.1) is 11.3 Å². The minimum Gasteiger partial charge on any atom is -0.481 e. The summed E-state index contributed by atoms with van der Waals surface area (Å²) in [4.78, 5) is 76.0. The number of carboxylic acids is 1. The third-order valence-corrected chi connectivity index (χ3v) is 12.7. The van der Waals surface area contributed by atoms with Crippen molar-refractivity contribution in [3.63, 3.8) is 0 Å². The third-order valence-electron chi connectivity index (χ3n) is 11.8. The normalized spacial score (nSPS) is 17.2. The summed E-state index contributed by atoms with van der Waals surface area (Å²) in [6, 6.07) is 5.11. The summed E-state index contributed by atoms with van der Waals surface area (Å²) in [5.41, 5.74) is 7.14. The van der Waals surface area contributed by atoms with E-state index in [0.717, 1.165) is 43.5 Å². The number of thiazole rings is 1. The van der Waals surface area contributed by atoms with E-state index in [1.165, 1.54) is 18.3 Å². The Morgan fingerprint density at radius 3 is 2.43 bits per heavy atom. The number of aromatic nitrogens is 4. The smallest absolute Gasteiger partial charge is 0.309 e. The molecule has 17 heteroatoms. The minimum atomic E-state index is -1.13. The zero-order valence-corrected chi connectivity index (χ0v) is 37.9. The largest absolute Gasteiger partial charge is 0.481 e. The average Bonchev–Trinajstić information content (AvgIpc) is 3.92. The monoisotopic (exact) mass is 865 g/mol. The number of aromatic amines is 1. The number of likely N-dealkylation sites (N-methyl/N-ethyl adjacent to an activating group) is 1. The second-order valence-corrected chi connectivity index (χ2v) is 18.4. The molecule has 1 aliphatic heterocycles. The number of hydrogen-bond donors (Lipinski definition) is 5. The summed E-state index contributed by atoms with van der Waals surface area (Å²) in [6.45, 7) is 13.8. The fourth-order valence-electron chi connectivity index (χ4n) is 7.88. The number of nitrogens with one attached hydrogen (secondary N) is 3. The van der Waals surface area contributed by atoms with Crippen LogP contribution in [-0.2, 0) is 36.8 Å². The highest BCUT2D eigenvalue weighted by molar-refractivity contribution is 7.09. The molecule has 1 aromatic carbocycles. The molecule has 3 heterocycles. The van der Waals surface area contributed by atoms with E-state index in [-0.39, 0.29) is 48.2 Å². The van der Waals surface area contributed by atoms with Crippen molar-refractivity contribution < 1.29 is 33.8 Å². The van der Waals surface area contributed by atoms with Crippen LogP contribution in [0.2, 0.25) is 0 Å². The fraction of sp³-hybridized carbons (Fsp3) is 0.636. The van der Waals surface area contributed by atoms with Crippen molar-refractivity contribution in [2.45, 2.75) is 143 Å². The van der Waals surface area contributed by atoms with Crippen molar-refractivity contribution >= 4 is 46.7 Å². The fourth-order valence-corrected chi connectivity index (χ4v) is 8.72. The molecule has 0 saturated carbocycles. The molecule has 0 aliphatic carbocycles. The molecule has 4 rings (SSSR count). The number of H-pyrrole nitrogens is 1. The number of piperidine rings is 1. The molecule has 1 aliphatic rings. The number of aryl methyl sites for hydroxylation is 1. The van der Waals surface area contributed by atoms with Gasteiger partial charge >= 0.3 is 11.9 Å². The number of nitrogens with zero attached hydrogens (tertiary/aromatic N) is 5. The number of hydrogen-bond acceptors (Lipinski definition) is 12. The summed E-state index contributed by atoms with van der Waals surface area (Å²) in [5, 5.41) is 28.8. The highest BCUT2D eigenvalue weighted by atomic mass is 32.1. The predicted molar refractivity (Wildman–Crippen MR) is 234 cm³/mol. The van der Waals surface area contributed by atoms with Crippen molar-refractivity contribution in [2.75, 3.05) is 25.9 Å². The molecule has 16 nitrogen and oxygen atoms in total. The number of carbonyl (C=O) groups is 5. The Balaban J connectivity index is 1.62. The predicted octanol–water partition coefficient (Wildman–Crippen LogP) is 5.57. The third kappa shape index (κ3) is 14.3. The standard InChI is InChI=1S/C44H67N9O7S/c1-9-28(4)38(49-40(56)35-15-11-12-20-52(35)8)42(57)53(21-13-10-14-32-25-46-51-50-32)36(27(2)3)23-37(60-29(5)54)41-48-34(26-61-41)39(55)47-33(24-44(6,7)43(58)59)22-30-16-18-31(45)19-17-30/h16-19,25-28,33,35-38H,9-15,20-24,45H2,1-8H3,(H,47,55)(H,49,56)(H,58,59)(H,46,50,51)/t28-,33?,35?,36+,37+,38-/m0/s1. The Kier molecular flexibility index (Phi) is 18.2. The first kappa shape index (κ1) is 48.8. The maximum Gasteiger partial charge on any atom is 0.309 e. The van der Waals surface area contributed by atoms with E-state index in [0.29, 0.717) is 42.9 Å². The number of nitrogen functional groups attached to an aromatic ring is 1. The Hall–Kier alpha value is -4.90. The number of ether oxygens (including phenoxy) is 1. The topological polar surface area (TPSA) is 226 Å². The van der Waals surface area contributed by atoms with Gasteiger partial charge in [-0.3, -0.25) is 28.9 Å². The van der Waals surface area contributed by atoms with Crippen LogP contribution in [0.5, 0.6) is 0 Å². The van der Waals surface area contributed by atoms with Crippen molar-refractivity contribution in [3.8, 4) is 0 Å². The highest BCUT2D eigenvalue weighted by Crippen LogP contribution is 2.32. The number of unbranched alkanes of at least 4 members (excludes halogenated alkanes) is 1. The first-order chi connectivity index (χ1) is 28.9. The first-order valence-electron chi connectivity index (χ1n) is 21.6. The highest BCUT2D eigenvalue weighted by Gasteiger charge is 2.39. The zero-order chi connectivity index (χ0) is 44.9. The Bertz CT molecular complexity index is 1880. The molecule has 6 N–H and O–H groups in total. The molecule has 6 atom stereocenters. The number of anilines is 1. The van der Waals surface area contributed by atoms with Crippen molar-refractivity contribution in [2.24, 2.45) is 17.3 Å². The summed E-state index contributed by atoms with van der Waals surface area (Å²) < 4.78 is 5.93. The molecule has 3 amide bonds. The lowest BCUT2D eigenvalue weighted by atomic mass is 9.84. The zero-order valence-electron chi connectivity index (χ0n) is 37.1. The first-order valence-corrected chi connectivity index (χ1v) is 22.4. The molecule has 1 saturated heterocycles. The number of carboxylic acid groups (broad SMARTS) is 1. The second kappa shape index (κ2) is 22.8. The van der Waals surface area contributed by atoms with Gasteiger partial charge in [0.2, 0.25) is 11.8 Å². The van der Waals surface area contributed by atoms with E-state index in [4.69, 9.17) is 10.5 Å². The maximum atomic E-state index is 15.0. The van der Waals surface area contributed by atoms with Gasteiger partial charge in [0.05, 0.1) is 23.3 Å². The maximum absolute atomic E-state index is 15.0. The lowest BCUT2D eigenvalue weighted by Crippen LogP contribution is -2.59. The molecule has 3 aromatic rings. The molecule has 336 valence electrons. The van der Waals surface area contributed by atoms with Crippen LogP contribution in [0.1, 0.15) is 133 Å². The number of rotatable bonds is 23. The Labute approximate surface area is 364 Å². The lowest BCUT2D eigenvalue weighted by Gasteiger charge is -2.40. The van der Waals surface area contributed by atoms with Gasteiger partial charge in [-0.2, -0.15) is 15.4 Å². The molecule has 1 fully saturated rings. The van der Waals surface area contributed by atoms with E-state index in [1.807, 2.05) is 51.8 Å². The van der Waals surface area contributed by atoms with Gasteiger partial charge in [0.15, 0.2) is 6.10 Å². The second-order valence-electron chi connectivity index (χ2n) is 17.5. The van der Waals surface area contributed by atoms with Gasteiger partial charge in [-0.1, -0.05) is 52.7 Å². The van der Waals surface area contributed by atoms with Gasteiger partial charge in [0.25, 0.3) is 5.91 Å². The van der Waals surface area contributed by atoms with Gasteiger partial charge in [-0.25, -0.2) is 4.98 Å².